The van der Waals surface area contributed by atoms with Crippen LogP contribution in [0, 0.1) is 0 Å². The van der Waals surface area contributed by atoms with Crippen LogP contribution >= 0.6 is 0 Å². The lowest BCUT2D eigenvalue weighted by Gasteiger charge is -2.08. The van der Waals surface area contributed by atoms with E-state index in [4.69, 9.17) is 0 Å². The van der Waals surface area contributed by atoms with Gasteiger partial charge >= 0.3 is 0 Å². The zero-order valence-electron chi connectivity index (χ0n) is 15.1. The number of allylic oxidation sites excluding steroid dienone is 1. The molecule has 0 saturated carbocycles. The molecule has 0 saturated heterocycles. The highest BCUT2D eigenvalue weighted by Gasteiger charge is 2.07. The topological polar surface area (TPSA) is 38.0 Å². The van der Waals surface area contributed by atoms with Gasteiger partial charge in [-0.05, 0) is 19.9 Å². The van der Waals surface area contributed by atoms with E-state index in [0.29, 0.717) is 12.3 Å². The lowest BCUT2D eigenvalue weighted by molar-refractivity contribution is 0.465. The number of para-hydroxylation sites is 1. The van der Waals surface area contributed by atoms with Gasteiger partial charge in [-0.1, -0.05) is 57.7 Å². The Morgan fingerprint density at radius 3 is 2.26 bits per heavy atom. The average molecular weight is 314 g/mol. The highest BCUT2D eigenvalue weighted by atomic mass is 16.3. The summed E-state index contributed by atoms with van der Waals surface area (Å²) in [5.74, 6) is 1.31. The summed E-state index contributed by atoms with van der Waals surface area (Å²) in [6.07, 6.45) is 4.56. The van der Waals surface area contributed by atoms with Crippen molar-refractivity contribution in [1.29, 1.82) is 0 Å². The first-order chi connectivity index (χ1) is 11.1. The average Bonchev–Trinajstić information content (AvgIpc) is 2.88. The Morgan fingerprint density at radius 2 is 1.78 bits per heavy atom. The molecule has 0 radical (unpaired) electrons. The zero-order valence-corrected chi connectivity index (χ0v) is 15.1. The summed E-state index contributed by atoms with van der Waals surface area (Å²) in [6.45, 7) is 18.0. The van der Waals surface area contributed by atoms with E-state index >= 15 is 0 Å². The van der Waals surface area contributed by atoms with Gasteiger partial charge in [0.05, 0.1) is 17.2 Å². The van der Waals surface area contributed by atoms with E-state index in [1.807, 2.05) is 52.0 Å². The second-order valence-corrected chi connectivity index (χ2v) is 4.63. The summed E-state index contributed by atoms with van der Waals surface area (Å²) in [7, 11) is 0. The first-order valence-electron chi connectivity index (χ1n) is 8.13. The SMILES string of the molecule is C=CC.C=c1/c(=C\C)nc(CC)n1Cc1ccccc1O.CC. The number of aryl methyl sites for hydroxylation is 1. The summed E-state index contributed by atoms with van der Waals surface area (Å²) >= 11 is 0. The van der Waals surface area contributed by atoms with Crippen molar-refractivity contribution in [2.24, 2.45) is 0 Å². The molecule has 1 aromatic carbocycles. The predicted molar refractivity (Wildman–Crippen MR) is 101 cm³/mol. The molecule has 1 N–H and O–H groups in total. The normalized spacial score (nSPS) is 10.2. The number of hydrogen-bond donors (Lipinski definition) is 1. The standard InChI is InChI=1S/C15H18N2O.C3H6.C2H6/c1-4-13-11(3)17(15(5-2)16-13)10-12-8-6-7-9-14(12)18;1-3-2;1-2/h4,6-9,18H,3,5,10H2,1-2H3;3H,1H2,2H3;1-2H3/b13-4+;;. The number of phenols is 1. The molecule has 2 rings (SSSR count). The Hall–Kier alpha value is -2.29. The second-order valence-electron chi connectivity index (χ2n) is 4.63. The van der Waals surface area contributed by atoms with Crippen LogP contribution in [0.15, 0.2) is 36.9 Å². The molecular formula is C20H30N2O. The fourth-order valence-corrected chi connectivity index (χ4v) is 2.06. The highest BCUT2D eigenvalue weighted by molar-refractivity contribution is 5.32. The van der Waals surface area contributed by atoms with Gasteiger partial charge < -0.3 is 9.67 Å². The number of aromatic hydroxyl groups is 1. The Morgan fingerprint density at radius 1 is 1.22 bits per heavy atom. The van der Waals surface area contributed by atoms with E-state index in [9.17, 15) is 5.11 Å². The van der Waals surface area contributed by atoms with Crippen LogP contribution < -0.4 is 10.7 Å². The Bertz CT molecular complexity index is 699. The monoisotopic (exact) mass is 314 g/mol. The van der Waals surface area contributed by atoms with Crippen LogP contribution in [0.5, 0.6) is 5.75 Å². The number of hydrogen-bond acceptors (Lipinski definition) is 2. The molecule has 0 spiro atoms. The molecule has 23 heavy (non-hydrogen) atoms. The quantitative estimate of drug-likeness (QED) is 0.879. The summed E-state index contributed by atoms with van der Waals surface area (Å²) in [5, 5.41) is 11.6. The van der Waals surface area contributed by atoms with Gasteiger partial charge in [-0.2, -0.15) is 0 Å². The largest absolute Gasteiger partial charge is 0.508 e. The van der Waals surface area contributed by atoms with Crippen LogP contribution in [0.1, 0.15) is 46.0 Å². The van der Waals surface area contributed by atoms with E-state index in [0.717, 1.165) is 28.5 Å². The van der Waals surface area contributed by atoms with Gasteiger partial charge in [0, 0.05) is 12.0 Å². The third kappa shape index (κ3) is 5.78. The maximum atomic E-state index is 9.83. The van der Waals surface area contributed by atoms with Crippen molar-refractivity contribution < 1.29 is 5.11 Å². The summed E-state index contributed by atoms with van der Waals surface area (Å²) in [4.78, 5) is 4.54. The van der Waals surface area contributed by atoms with Gasteiger partial charge in [-0.15, -0.1) is 6.58 Å². The Labute approximate surface area is 140 Å². The number of imidazole rings is 1. The van der Waals surface area contributed by atoms with Crippen LogP contribution in [-0.4, -0.2) is 14.7 Å². The zero-order chi connectivity index (χ0) is 17.8. The van der Waals surface area contributed by atoms with E-state index < -0.39 is 0 Å². The maximum Gasteiger partial charge on any atom is 0.120 e. The number of phenolic OH excluding ortho intramolecular Hbond substituents is 1. The van der Waals surface area contributed by atoms with Crippen LogP contribution in [0.25, 0.3) is 12.7 Å². The summed E-state index contributed by atoms with van der Waals surface area (Å²) < 4.78 is 2.06. The minimum atomic E-state index is 0.315. The number of benzene rings is 1. The lowest BCUT2D eigenvalue weighted by atomic mass is 10.2. The van der Waals surface area contributed by atoms with Crippen LogP contribution in [0.4, 0.5) is 0 Å². The van der Waals surface area contributed by atoms with Gasteiger partial charge in [0.25, 0.3) is 0 Å². The van der Waals surface area contributed by atoms with Gasteiger partial charge in [-0.3, -0.25) is 0 Å². The fraction of sp³-hybridized carbons (Fsp3) is 0.350. The summed E-state index contributed by atoms with van der Waals surface area (Å²) in [6, 6.07) is 7.37. The third-order valence-corrected chi connectivity index (χ3v) is 3.09. The summed E-state index contributed by atoms with van der Waals surface area (Å²) in [5.41, 5.74) is 0.886. The van der Waals surface area contributed by atoms with Crippen LogP contribution in [0.3, 0.4) is 0 Å². The van der Waals surface area contributed by atoms with Crippen LogP contribution in [-0.2, 0) is 13.0 Å². The highest BCUT2D eigenvalue weighted by Crippen LogP contribution is 2.16. The smallest absolute Gasteiger partial charge is 0.120 e. The molecule has 0 unspecified atom stereocenters. The van der Waals surface area contributed by atoms with E-state index in [1.54, 1.807) is 12.1 Å². The molecule has 3 heteroatoms. The van der Waals surface area contributed by atoms with Gasteiger partial charge in [0.2, 0.25) is 0 Å². The molecule has 1 heterocycles. The molecular weight excluding hydrogens is 284 g/mol. The van der Waals surface area contributed by atoms with E-state index in [1.165, 1.54) is 0 Å². The molecule has 0 aliphatic carbocycles. The van der Waals surface area contributed by atoms with Crippen molar-refractivity contribution in [1.82, 2.24) is 9.55 Å². The van der Waals surface area contributed by atoms with Crippen molar-refractivity contribution in [3.63, 3.8) is 0 Å². The third-order valence-electron chi connectivity index (χ3n) is 3.09. The lowest BCUT2D eigenvalue weighted by Crippen LogP contribution is -2.28. The number of aromatic nitrogens is 2. The van der Waals surface area contributed by atoms with Gasteiger partial charge in [-0.25, -0.2) is 4.98 Å². The first-order valence-corrected chi connectivity index (χ1v) is 8.13. The molecule has 2 aromatic rings. The molecule has 0 fully saturated rings. The minimum Gasteiger partial charge on any atom is -0.508 e. The minimum absolute atomic E-state index is 0.315. The first kappa shape index (κ1) is 20.7. The maximum absolute atomic E-state index is 9.83. The van der Waals surface area contributed by atoms with Gasteiger partial charge in [0.15, 0.2) is 0 Å². The Kier molecular flexibility index (Phi) is 10.2. The molecule has 0 aliphatic heterocycles. The molecule has 126 valence electrons. The number of rotatable bonds is 3. The van der Waals surface area contributed by atoms with Crippen molar-refractivity contribution in [3.8, 4) is 5.75 Å². The predicted octanol–water partition coefficient (Wildman–Crippen LogP) is 3.63. The van der Waals surface area contributed by atoms with Crippen molar-refractivity contribution in [2.75, 3.05) is 0 Å². The molecule has 0 bridgehead atoms. The van der Waals surface area contributed by atoms with Crippen molar-refractivity contribution in [3.05, 3.63) is 59.0 Å². The fourth-order valence-electron chi connectivity index (χ4n) is 2.06. The van der Waals surface area contributed by atoms with Crippen LogP contribution in [0.2, 0.25) is 0 Å². The Balaban J connectivity index is 0.000000868. The molecule has 1 aromatic heterocycles. The number of nitrogens with zero attached hydrogens (tertiary/aromatic N) is 2. The molecule has 0 atom stereocenters. The van der Waals surface area contributed by atoms with E-state index in [-0.39, 0.29) is 0 Å². The molecule has 0 amide bonds. The molecule has 3 nitrogen and oxygen atoms in total. The second kappa shape index (κ2) is 11.3. The van der Waals surface area contributed by atoms with Gasteiger partial charge in [0.1, 0.15) is 11.6 Å². The van der Waals surface area contributed by atoms with E-state index in [2.05, 4.69) is 29.6 Å². The van der Waals surface area contributed by atoms with Crippen molar-refractivity contribution in [2.45, 2.75) is 47.6 Å². The molecule has 0 aliphatic rings. The van der Waals surface area contributed by atoms with Crippen molar-refractivity contribution >= 4 is 12.7 Å².